The van der Waals surface area contributed by atoms with Crippen LogP contribution in [0.2, 0.25) is 0 Å². The number of benzene rings is 2. The molecule has 0 saturated heterocycles. The highest BCUT2D eigenvalue weighted by Gasteiger charge is 2.26. The normalized spacial score (nSPS) is 11.0. The second-order valence-corrected chi connectivity index (χ2v) is 9.66. The van der Waals surface area contributed by atoms with Crippen molar-refractivity contribution in [1.82, 2.24) is 15.2 Å². The van der Waals surface area contributed by atoms with E-state index in [1.54, 1.807) is 14.1 Å². The zero-order valence-corrected chi connectivity index (χ0v) is 23.0. The first-order valence-corrected chi connectivity index (χ1v) is 12.5. The van der Waals surface area contributed by atoms with Crippen LogP contribution in [0.25, 0.3) is 0 Å². The van der Waals surface area contributed by atoms with Gasteiger partial charge in [-0.3, -0.25) is 19.8 Å². The topological polar surface area (TPSA) is 153 Å². The van der Waals surface area contributed by atoms with Gasteiger partial charge in [0.05, 0.1) is 5.69 Å². The van der Waals surface area contributed by atoms with Crippen molar-refractivity contribution in [3.05, 3.63) is 76.3 Å². The number of rotatable bonds is 10. The van der Waals surface area contributed by atoms with Crippen LogP contribution in [0.3, 0.4) is 0 Å². The van der Waals surface area contributed by atoms with Gasteiger partial charge in [0.15, 0.2) is 11.1 Å². The fraction of sp³-hybridized carbons (Fsp3) is 0.269. The van der Waals surface area contributed by atoms with E-state index in [0.717, 1.165) is 22.5 Å². The van der Waals surface area contributed by atoms with Gasteiger partial charge in [0.25, 0.3) is 5.91 Å². The Labute approximate surface area is 231 Å². The monoisotopic (exact) mass is 557 g/mol. The molecular weight excluding hydrogens is 526 g/mol. The molecule has 1 aromatic heterocycles. The highest BCUT2D eigenvalue weighted by atomic mass is 35.5. The van der Waals surface area contributed by atoms with Gasteiger partial charge in [0.1, 0.15) is 10.9 Å². The van der Waals surface area contributed by atoms with Crippen LogP contribution in [-0.2, 0) is 28.9 Å². The third-order valence-electron chi connectivity index (χ3n) is 5.40. The number of nitrogens with zero attached hydrogens (tertiary/aromatic N) is 2. The molecule has 0 fully saturated rings. The molecule has 0 bridgehead atoms. The highest BCUT2D eigenvalue weighted by molar-refractivity contribution is 7.17. The van der Waals surface area contributed by atoms with Crippen molar-refractivity contribution in [2.24, 2.45) is 5.73 Å². The van der Waals surface area contributed by atoms with E-state index in [9.17, 15) is 14.4 Å². The van der Waals surface area contributed by atoms with Crippen LogP contribution in [0.4, 0.5) is 10.8 Å². The Morgan fingerprint density at radius 1 is 1.00 bits per heavy atom. The second kappa shape index (κ2) is 14.1. The van der Waals surface area contributed by atoms with Crippen molar-refractivity contribution < 1.29 is 14.4 Å². The third kappa shape index (κ3) is 8.86. The first-order valence-electron chi connectivity index (χ1n) is 11.7. The first kappa shape index (κ1) is 30.3. The molecule has 12 heteroatoms. The Balaban J connectivity index is 0.00000507. The third-order valence-corrected chi connectivity index (χ3v) is 6.41. The summed E-state index contributed by atoms with van der Waals surface area (Å²) in [7, 11) is 3.30. The maximum Gasteiger partial charge on any atom is 0.264 e. The van der Waals surface area contributed by atoms with Crippen LogP contribution in [-0.4, -0.2) is 53.7 Å². The summed E-state index contributed by atoms with van der Waals surface area (Å²) in [5.74, 6) is -1.06. The van der Waals surface area contributed by atoms with Gasteiger partial charge in [0.2, 0.25) is 11.8 Å². The lowest BCUT2D eigenvalue weighted by atomic mass is 10.0. The molecule has 6 N–H and O–H groups in total. The quantitative estimate of drug-likeness (QED) is 0.191. The van der Waals surface area contributed by atoms with Crippen LogP contribution >= 0.6 is 23.7 Å². The number of nitrogens with one attached hydrogen (secondary N) is 4. The summed E-state index contributed by atoms with van der Waals surface area (Å²) in [5, 5.41) is 15.9. The number of hydrogen-bond donors (Lipinski definition) is 5. The Bertz CT molecular complexity index is 1260. The standard InChI is InChI=1S/C26H31N7O3S.ClH/c1-16(34)29-26-32-20(14-11-17-9-12-19(13-10-17)30-25(27)28)22(37-26)23(35)31-21(24(36)33(2)3)15-18-7-5-4-6-8-18;/h4-10,12-13,21H,11,14-15H2,1-3H3,(H,31,35)(H4,27,28,30)(H,29,32,34);1H/t21-;/m0./s1. The number of aromatic nitrogens is 1. The number of carbonyl (C=O) groups excluding carboxylic acids is 3. The number of carbonyl (C=O) groups is 3. The molecule has 0 aliphatic carbocycles. The molecular formula is C26H32ClN7O3S. The van der Waals surface area contributed by atoms with Gasteiger partial charge in [-0.25, -0.2) is 4.98 Å². The number of likely N-dealkylation sites (N-methyl/N-ethyl adjacent to an activating group) is 1. The average molecular weight is 558 g/mol. The van der Waals surface area contributed by atoms with Gasteiger partial charge in [-0.05, 0) is 36.1 Å². The summed E-state index contributed by atoms with van der Waals surface area (Å²) in [6.07, 6.45) is 1.38. The van der Waals surface area contributed by atoms with Crippen molar-refractivity contribution in [2.75, 3.05) is 24.7 Å². The van der Waals surface area contributed by atoms with Crippen molar-refractivity contribution in [3.8, 4) is 0 Å². The summed E-state index contributed by atoms with van der Waals surface area (Å²) in [6.45, 7) is 1.38. The molecule has 0 unspecified atom stereocenters. The van der Waals surface area contributed by atoms with Gasteiger partial charge >= 0.3 is 0 Å². The fourth-order valence-electron chi connectivity index (χ4n) is 3.66. The molecule has 3 amide bonds. The second-order valence-electron chi connectivity index (χ2n) is 8.66. The minimum Gasteiger partial charge on any atom is -0.370 e. The number of aryl methyl sites for hydroxylation is 2. The lowest BCUT2D eigenvalue weighted by Gasteiger charge is -2.22. The summed E-state index contributed by atoms with van der Waals surface area (Å²) >= 11 is 1.08. The number of hydrogen-bond acceptors (Lipinski definition) is 6. The number of nitrogens with two attached hydrogens (primary N) is 1. The van der Waals surface area contributed by atoms with Crippen molar-refractivity contribution in [2.45, 2.75) is 32.2 Å². The van der Waals surface area contributed by atoms with E-state index in [1.165, 1.54) is 11.8 Å². The van der Waals surface area contributed by atoms with Crippen molar-refractivity contribution in [3.63, 3.8) is 0 Å². The van der Waals surface area contributed by atoms with Gasteiger partial charge in [0, 0.05) is 33.1 Å². The van der Waals surface area contributed by atoms with E-state index in [-0.39, 0.29) is 30.2 Å². The van der Waals surface area contributed by atoms with E-state index in [1.807, 2.05) is 54.6 Å². The molecule has 2 aromatic carbocycles. The molecule has 3 aromatic rings. The zero-order chi connectivity index (χ0) is 26.9. The lowest BCUT2D eigenvalue weighted by Crippen LogP contribution is -2.47. The summed E-state index contributed by atoms with van der Waals surface area (Å²) in [6, 6.07) is 16.2. The molecule has 0 saturated carbocycles. The Hall–Kier alpha value is -3.96. The van der Waals surface area contributed by atoms with E-state index in [2.05, 4.69) is 20.9 Å². The maximum atomic E-state index is 13.4. The van der Waals surface area contributed by atoms with E-state index < -0.39 is 11.9 Å². The van der Waals surface area contributed by atoms with Gasteiger partial charge in [-0.1, -0.05) is 53.8 Å². The van der Waals surface area contributed by atoms with Crippen LogP contribution in [0.5, 0.6) is 0 Å². The number of thiazole rings is 1. The summed E-state index contributed by atoms with van der Waals surface area (Å²) < 4.78 is 0. The minimum atomic E-state index is -0.759. The van der Waals surface area contributed by atoms with Gasteiger partial charge < -0.3 is 26.6 Å². The Morgan fingerprint density at radius 3 is 2.24 bits per heavy atom. The molecule has 10 nitrogen and oxygen atoms in total. The summed E-state index contributed by atoms with van der Waals surface area (Å²) in [4.78, 5) is 44.2. The Kier molecular flexibility index (Phi) is 11.2. The predicted molar refractivity (Wildman–Crippen MR) is 153 cm³/mol. The number of halogens is 1. The SMILES string of the molecule is CC(=O)Nc1nc(CCc2ccc(NC(=N)N)cc2)c(C(=O)N[C@@H](Cc2ccccc2)C(=O)N(C)C)s1.Cl. The molecule has 0 aliphatic rings. The Morgan fingerprint density at radius 2 is 1.66 bits per heavy atom. The largest absolute Gasteiger partial charge is 0.370 e. The molecule has 3 rings (SSSR count). The molecule has 0 spiro atoms. The molecule has 1 atom stereocenters. The van der Waals surface area contributed by atoms with Crippen molar-refractivity contribution >= 4 is 58.2 Å². The predicted octanol–water partition coefficient (Wildman–Crippen LogP) is 3.04. The molecule has 1 heterocycles. The molecule has 0 aliphatic heterocycles. The van der Waals surface area contributed by atoms with Crippen LogP contribution in [0.15, 0.2) is 54.6 Å². The van der Waals surface area contributed by atoms with Crippen LogP contribution in [0.1, 0.15) is 33.4 Å². The highest BCUT2D eigenvalue weighted by Crippen LogP contribution is 2.25. The van der Waals surface area contributed by atoms with E-state index in [0.29, 0.717) is 40.7 Å². The van der Waals surface area contributed by atoms with E-state index in [4.69, 9.17) is 11.1 Å². The van der Waals surface area contributed by atoms with E-state index >= 15 is 0 Å². The summed E-state index contributed by atoms with van der Waals surface area (Å²) in [5.41, 5.74) is 8.53. The number of anilines is 2. The van der Waals surface area contributed by atoms with Crippen LogP contribution in [0, 0.1) is 5.41 Å². The molecule has 202 valence electrons. The molecule has 38 heavy (non-hydrogen) atoms. The average Bonchev–Trinajstić information content (AvgIpc) is 3.25. The maximum absolute atomic E-state index is 13.4. The fourth-order valence-corrected chi connectivity index (χ4v) is 4.62. The first-order chi connectivity index (χ1) is 17.6. The van der Waals surface area contributed by atoms with Crippen LogP contribution < -0.4 is 21.7 Å². The lowest BCUT2D eigenvalue weighted by molar-refractivity contribution is -0.130. The molecule has 0 radical (unpaired) electrons. The smallest absolute Gasteiger partial charge is 0.264 e. The minimum absolute atomic E-state index is 0. The van der Waals surface area contributed by atoms with Gasteiger partial charge in [-0.15, -0.1) is 12.4 Å². The zero-order valence-electron chi connectivity index (χ0n) is 21.4. The number of guanidine groups is 1. The number of amides is 3. The van der Waals surface area contributed by atoms with Gasteiger partial charge in [-0.2, -0.15) is 0 Å². The van der Waals surface area contributed by atoms with Crippen molar-refractivity contribution in [1.29, 1.82) is 5.41 Å².